The lowest BCUT2D eigenvalue weighted by Crippen LogP contribution is -1.99. The third-order valence-electron chi connectivity index (χ3n) is 2.46. The molecule has 1 atom stereocenters. The summed E-state index contributed by atoms with van der Waals surface area (Å²) in [6.07, 6.45) is 0.889. The van der Waals surface area contributed by atoms with Crippen LogP contribution in [0.25, 0.3) is 0 Å². The Hall–Kier alpha value is -1.95. The van der Waals surface area contributed by atoms with Gasteiger partial charge in [-0.1, -0.05) is 5.21 Å². The summed E-state index contributed by atoms with van der Waals surface area (Å²) in [5.41, 5.74) is 0.916. The Bertz CT molecular complexity index is 540. The standard InChI is InChI=1S/C12H14FN3O2/c1-8(17)11-4-3-10(5-12(11)13)18-7-9-6-16(2)15-14-9/h3-6,8,17H,7H2,1-2H3/t8-/m1/s1. The van der Waals surface area contributed by atoms with Crippen molar-refractivity contribution in [1.29, 1.82) is 0 Å². The highest BCUT2D eigenvalue weighted by molar-refractivity contribution is 5.30. The third-order valence-corrected chi connectivity index (χ3v) is 2.46. The van der Waals surface area contributed by atoms with Gasteiger partial charge >= 0.3 is 0 Å². The van der Waals surface area contributed by atoms with E-state index in [9.17, 15) is 9.50 Å². The van der Waals surface area contributed by atoms with Crippen molar-refractivity contribution in [3.63, 3.8) is 0 Å². The van der Waals surface area contributed by atoms with E-state index in [1.807, 2.05) is 0 Å². The fourth-order valence-electron chi connectivity index (χ4n) is 1.56. The molecule has 96 valence electrons. The van der Waals surface area contributed by atoms with Crippen LogP contribution in [0, 0.1) is 5.82 Å². The van der Waals surface area contributed by atoms with Crippen molar-refractivity contribution in [3.05, 3.63) is 41.5 Å². The molecular weight excluding hydrogens is 237 g/mol. The van der Waals surface area contributed by atoms with Crippen LogP contribution in [0.3, 0.4) is 0 Å². The molecule has 0 fully saturated rings. The summed E-state index contributed by atoms with van der Waals surface area (Å²) in [6, 6.07) is 4.37. The molecule has 0 aliphatic rings. The number of benzene rings is 1. The van der Waals surface area contributed by atoms with E-state index < -0.39 is 11.9 Å². The zero-order valence-electron chi connectivity index (χ0n) is 10.2. The maximum absolute atomic E-state index is 13.6. The minimum Gasteiger partial charge on any atom is -0.487 e. The Balaban J connectivity index is 2.04. The maximum Gasteiger partial charge on any atom is 0.134 e. The van der Waals surface area contributed by atoms with Gasteiger partial charge in [0.2, 0.25) is 0 Å². The lowest BCUT2D eigenvalue weighted by Gasteiger charge is -2.09. The van der Waals surface area contributed by atoms with Crippen molar-refractivity contribution < 1.29 is 14.2 Å². The summed E-state index contributed by atoms with van der Waals surface area (Å²) in [7, 11) is 1.76. The number of halogens is 1. The molecule has 0 aliphatic carbocycles. The van der Waals surface area contributed by atoms with Gasteiger partial charge in [-0.3, -0.25) is 4.68 Å². The van der Waals surface area contributed by atoms with Crippen molar-refractivity contribution in [3.8, 4) is 5.75 Å². The molecule has 1 heterocycles. The predicted octanol–water partition coefficient (Wildman–Crippen LogP) is 1.59. The maximum atomic E-state index is 13.6. The largest absolute Gasteiger partial charge is 0.487 e. The second kappa shape index (κ2) is 5.14. The normalized spacial score (nSPS) is 12.4. The molecule has 0 bridgehead atoms. The topological polar surface area (TPSA) is 60.2 Å². The summed E-state index contributed by atoms with van der Waals surface area (Å²) in [6.45, 7) is 1.74. The first-order chi connectivity index (χ1) is 8.56. The van der Waals surface area contributed by atoms with Crippen LogP contribution >= 0.6 is 0 Å². The van der Waals surface area contributed by atoms with E-state index >= 15 is 0 Å². The lowest BCUT2D eigenvalue weighted by molar-refractivity contribution is 0.193. The first kappa shape index (κ1) is 12.5. The molecular formula is C12H14FN3O2. The number of rotatable bonds is 4. The van der Waals surface area contributed by atoms with Gasteiger partial charge in [0.05, 0.1) is 12.3 Å². The number of aliphatic hydroxyl groups excluding tert-OH is 1. The van der Waals surface area contributed by atoms with Gasteiger partial charge in [-0.15, -0.1) is 5.10 Å². The Labute approximate surface area is 104 Å². The molecule has 6 heteroatoms. The first-order valence-corrected chi connectivity index (χ1v) is 5.52. The molecule has 0 aliphatic heterocycles. The van der Waals surface area contributed by atoms with Crippen LogP contribution in [0.15, 0.2) is 24.4 Å². The highest BCUT2D eigenvalue weighted by Gasteiger charge is 2.09. The highest BCUT2D eigenvalue weighted by atomic mass is 19.1. The van der Waals surface area contributed by atoms with E-state index in [2.05, 4.69) is 10.3 Å². The van der Waals surface area contributed by atoms with E-state index in [1.54, 1.807) is 24.0 Å². The molecule has 0 spiro atoms. The number of nitrogens with zero attached hydrogens (tertiary/aromatic N) is 3. The van der Waals surface area contributed by atoms with E-state index in [0.29, 0.717) is 11.4 Å². The van der Waals surface area contributed by atoms with Crippen molar-refractivity contribution >= 4 is 0 Å². The summed E-state index contributed by atoms with van der Waals surface area (Å²) in [4.78, 5) is 0. The van der Waals surface area contributed by atoms with Gasteiger partial charge in [-0.25, -0.2) is 4.39 Å². The molecule has 1 N–H and O–H groups in total. The second-order valence-electron chi connectivity index (χ2n) is 4.03. The van der Waals surface area contributed by atoms with Crippen LogP contribution in [0.5, 0.6) is 5.75 Å². The second-order valence-corrected chi connectivity index (χ2v) is 4.03. The van der Waals surface area contributed by atoms with Gasteiger partial charge in [0, 0.05) is 18.7 Å². The molecule has 0 radical (unpaired) electrons. The van der Waals surface area contributed by atoms with E-state index in [0.717, 1.165) is 0 Å². The average Bonchev–Trinajstić information content (AvgIpc) is 2.72. The van der Waals surface area contributed by atoms with Crippen molar-refractivity contribution in [2.24, 2.45) is 7.05 Å². The minimum absolute atomic E-state index is 0.224. The van der Waals surface area contributed by atoms with Crippen molar-refractivity contribution in [2.45, 2.75) is 19.6 Å². The number of hydrogen-bond acceptors (Lipinski definition) is 4. The smallest absolute Gasteiger partial charge is 0.134 e. The summed E-state index contributed by atoms with van der Waals surface area (Å²) >= 11 is 0. The number of hydrogen-bond donors (Lipinski definition) is 1. The van der Waals surface area contributed by atoms with Gasteiger partial charge in [0.1, 0.15) is 23.9 Å². The lowest BCUT2D eigenvalue weighted by atomic mass is 10.1. The van der Waals surface area contributed by atoms with Crippen molar-refractivity contribution in [1.82, 2.24) is 15.0 Å². The van der Waals surface area contributed by atoms with Crippen LogP contribution in [0.1, 0.15) is 24.3 Å². The molecule has 2 aromatic rings. The van der Waals surface area contributed by atoms with Crippen molar-refractivity contribution in [2.75, 3.05) is 0 Å². The number of ether oxygens (including phenoxy) is 1. The van der Waals surface area contributed by atoms with Gasteiger partial charge in [-0.2, -0.15) is 0 Å². The molecule has 1 aromatic heterocycles. The Morgan fingerprint density at radius 3 is 2.83 bits per heavy atom. The molecule has 18 heavy (non-hydrogen) atoms. The van der Waals surface area contributed by atoms with Gasteiger partial charge in [0.15, 0.2) is 0 Å². The average molecular weight is 251 g/mol. The molecule has 0 saturated heterocycles. The summed E-state index contributed by atoms with van der Waals surface area (Å²) in [5.74, 6) is -0.0933. The van der Waals surface area contributed by atoms with Gasteiger partial charge in [0.25, 0.3) is 0 Å². The fraction of sp³-hybridized carbons (Fsp3) is 0.333. The molecule has 5 nitrogen and oxygen atoms in total. The molecule has 2 rings (SSSR count). The molecule has 0 amide bonds. The van der Waals surface area contributed by atoms with Crippen LogP contribution in [-0.4, -0.2) is 20.1 Å². The first-order valence-electron chi connectivity index (χ1n) is 5.52. The molecule has 0 unspecified atom stereocenters. The SMILES string of the molecule is C[C@@H](O)c1ccc(OCc2cn(C)nn2)cc1F. The predicted molar refractivity (Wildman–Crippen MR) is 62.4 cm³/mol. The Kier molecular flexibility index (Phi) is 3.57. The Morgan fingerprint density at radius 2 is 2.28 bits per heavy atom. The number of aliphatic hydroxyl groups is 1. The zero-order chi connectivity index (χ0) is 13.1. The van der Waals surface area contributed by atoms with Gasteiger partial charge in [-0.05, 0) is 19.1 Å². The molecule has 0 saturated carbocycles. The third kappa shape index (κ3) is 2.84. The zero-order valence-corrected chi connectivity index (χ0v) is 10.2. The Morgan fingerprint density at radius 1 is 1.50 bits per heavy atom. The summed E-state index contributed by atoms with van der Waals surface area (Å²) < 4.78 is 20.5. The van der Waals surface area contributed by atoms with E-state index in [4.69, 9.17) is 4.74 Å². The molecule has 1 aromatic carbocycles. The number of aryl methyl sites for hydroxylation is 1. The fourth-order valence-corrected chi connectivity index (χ4v) is 1.56. The van der Waals surface area contributed by atoms with E-state index in [-0.39, 0.29) is 12.2 Å². The monoisotopic (exact) mass is 251 g/mol. The van der Waals surface area contributed by atoms with Crippen LogP contribution < -0.4 is 4.74 Å². The van der Waals surface area contributed by atoms with E-state index in [1.165, 1.54) is 19.1 Å². The van der Waals surface area contributed by atoms with Crippen LogP contribution in [0.2, 0.25) is 0 Å². The quantitative estimate of drug-likeness (QED) is 0.896. The van der Waals surface area contributed by atoms with Gasteiger partial charge < -0.3 is 9.84 Å². The number of aromatic nitrogens is 3. The van der Waals surface area contributed by atoms with Crippen LogP contribution in [0.4, 0.5) is 4.39 Å². The summed E-state index contributed by atoms with van der Waals surface area (Å²) in [5, 5.41) is 16.9. The minimum atomic E-state index is -0.834. The van der Waals surface area contributed by atoms with Crippen LogP contribution in [-0.2, 0) is 13.7 Å². The highest BCUT2D eigenvalue weighted by Crippen LogP contribution is 2.22.